The summed E-state index contributed by atoms with van der Waals surface area (Å²) in [4.78, 5) is 42.8. The fourth-order valence-electron chi connectivity index (χ4n) is 4.43. The number of hydrogen-bond acceptors (Lipinski definition) is 7. The molecule has 1 aliphatic carbocycles. The fourth-order valence-corrected chi connectivity index (χ4v) is 4.55. The zero-order valence-electron chi connectivity index (χ0n) is 19.9. The summed E-state index contributed by atoms with van der Waals surface area (Å²) in [6, 6.07) is 0.569. The van der Waals surface area contributed by atoms with E-state index in [2.05, 4.69) is 4.98 Å². The van der Waals surface area contributed by atoms with Gasteiger partial charge in [-0.15, -0.1) is 0 Å². The number of nitrogens with zero attached hydrogens (tertiary/aromatic N) is 3. The summed E-state index contributed by atoms with van der Waals surface area (Å²) in [5.41, 5.74) is -3.51. The molecule has 5 rings (SSSR count). The maximum atomic E-state index is 14.9. The second-order valence-corrected chi connectivity index (χ2v) is 9.61. The van der Waals surface area contributed by atoms with Crippen LogP contribution in [0.4, 0.5) is 32.2 Å². The molecule has 0 bridgehead atoms. The molecule has 1 unspecified atom stereocenters. The third kappa shape index (κ3) is 5.11. The minimum Gasteiger partial charge on any atom is -0.351 e. The van der Waals surface area contributed by atoms with Gasteiger partial charge < -0.3 is 20.1 Å². The molecule has 1 saturated heterocycles. The van der Waals surface area contributed by atoms with Crippen LogP contribution in [0.1, 0.15) is 23.2 Å². The molecule has 2 fully saturated rings. The van der Waals surface area contributed by atoms with E-state index < -0.39 is 87.0 Å². The highest BCUT2D eigenvalue weighted by Crippen LogP contribution is 2.40. The number of benzene rings is 1. The number of alkyl halides is 3. The van der Waals surface area contributed by atoms with Gasteiger partial charge in [0.25, 0.3) is 11.1 Å². The van der Waals surface area contributed by atoms with Crippen LogP contribution in [0, 0.1) is 23.4 Å². The minimum atomic E-state index is -4.82. The molecule has 2 N–H and O–H groups in total. The van der Waals surface area contributed by atoms with Crippen molar-refractivity contribution in [3.05, 3.63) is 63.7 Å². The number of carbonyl (C=O) groups excluding carboxylic acids is 2. The van der Waals surface area contributed by atoms with E-state index in [1.165, 1.54) is 0 Å². The summed E-state index contributed by atoms with van der Waals surface area (Å²) in [6.07, 6.45) is -6.82. The Labute approximate surface area is 224 Å². The minimum absolute atomic E-state index is 0.167. The van der Waals surface area contributed by atoms with E-state index in [1.54, 1.807) is 5.32 Å². The van der Waals surface area contributed by atoms with Crippen molar-refractivity contribution >= 4 is 39.6 Å². The van der Waals surface area contributed by atoms with Crippen LogP contribution in [0.15, 0.2) is 35.3 Å². The second kappa shape index (κ2) is 10.1. The van der Waals surface area contributed by atoms with E-state index in [0.29, 0.717) is 22.9 Å². The van der Waals surface area contributed by atoms with Gasteiger partial charge in [-0.25, -0.2) is 18.2 Å². The third-order valence-corrected chi connectivity index (χ3v) is 6.74. The number of anilines is 1. The maximum Gasteiger partial charge on any atom is 0.408 e. The predicted molar refractivity (Wildman–Crippen MR) is 126 cm³/mol. The molecule has 1 saturated carbocycles. The molecule has 0 spiro atoms. The van der Waals surface area contributed by atoms with Gasteiger partial charge in [0, 0.05) is 18.3 Å². The van der Waals surface area contributed by atoms with Crippen molar-refractivity contribution in [1.82, 2.24) is 14.9 Å². The first kappa shape index (κ1) is 27.9. The Kier molecular flexibility index (Phi) is 7.00. The second-order valence-electron chi connectivity index (χ2n) is 9.24. The normalized spacial score (nSPS) is 20.1. The van der Waals surface area contributed by atoms with Crippen LogP contribution < -0.4 is 15.6 Å². The van der Waals surface area contributed by atoms with E-state index >= 15 is 0 Å². The van der Waals surface area contributed by atoms with Gasteiger partial charge in [-0.3, -0.25) is 19.0 Å². The number of aliphatic hydroxyl groups excluding tert-OH is 1. The zero-order valence-corrected chi connectivity index (χ0v) is 20.6. The van der Waals surface area contributed by atoms with Gasteiger partial charge in [0.1, 0.15) is 28.9 Å². The predicted octanol–water partition coefficient (Wildman–Crippen LogP) is 3.12. The molecule has 1 aliphatic heterocycles. The first-order valence-electron chi connectivity index (χ1n) is 11.6. The fraction of sp³-hybridized carbons (Fsp3) is 0.333. The van der Waals surface area contributed by atoms with Crippen molar-refractivity contribution in [1.29, 1.82) is 0 Å². The summed E-state index contributed by atoms with van der Waals surface area (Å²) >= 11 is 5.42. The molecule has 3 atom stereocenters. The molecule has 212 valence electrons. The van der Waals surface area contributed by atoms with E-state index in [-0.39, 0.29) is 25.2 Å². The molecule has 1 aromatic carbocycles. The largest absolute Gasteiger partial charge is 0.408 e. The van der Waals surface area contributed by atoms with Crippen molar-refractivity contribution < 1.29 is 45.8 Å². The zero-order chi connectivity index (χ0) is 29.1. The molecule has 1 amide bonds. The molecule has 40 heavy (non-hydrogen) atoms. The summed E-state index contributed by atoms with van der Waals surface area (Å²) in [5, 5.41) is 10.6. The van der Waals surface area contributed by atoms with Gasteiger partial charge in [-0.1, -0.05) is 0 Å². The monoisotopic (exact) mass is 590 g/mol. The Morgan fingerprint density at radius 1 is 1.15 bits per heavy atom. The molecule has 3 aromatic rings. The van der Waals surface area contributed by atoms with Gasteiger partial charge >= 0.3 is 6.18 Å². The number of pyridine rings is 2. The molecule has 0 radical (unpaired) electrons. The number of nitrogens with one attached hydrogen (secondary N) is 1. The average Bonchev–Trinajstić information content (AvgIpc) is 3.62. The van der Waals surface area contributed by atoms with Crippen LogP contribution in [-0.2, 0) is 9.53 Å². The van der Waals surface area contributed by atoms with Crippen LogP contribution in [0.5, 0.6) is 0 Å². The molecule has 2 aliphatic rings. The van der Waals surface area contributed by atoms with Crippen molar-refractivity contribution in [2.24, 2.45) is 5.92 Å². The molecule has 2 aromatic heterocycles. The molecule has 9 nitrogen and oxygen atoms in total. The number of hydrogen-bond donors (Lipinski definition) is 2. The van der Waals surface area contributed by atoms with E-state index in [9.17, 15) is 45.8 Å². The number of rotatable bonds is 6. The van der Waals surface area contributed by atoms with Crippen LogP contribution in [0.25, 0.3) is 16.7 Å². The number of fused-ring (bicyclic) bond motifs is 1. The highest BCUT2D eigenvalue weighted by Gasteiger charge is 2.50. The van der Waals surface area contributed by atoms with Crippen molar-refractivity contribution in [3.8, 4) is 5.69 Å². The summed E-state index contributed by atoms with van der Waals surface area (Å²) in [5.74, 6) is -6.76. The Morgan fingerprint density at radius 3 is 2.35 bits per heavy atom. The van der Waals surface area contributed by atoms with Crippen LogP contribution in [0.3, 0.4) is 0 Å². The highest BCUT2D eigenvalue weighted by molar-refractivity contribution is 6.64. The summed E-state index contributed by atoms with van der Waals surface area (Å²) in [7, 11) is 0. The quantitative estimate of drug-likeness (QED) is 0.335. The van der Waals surface area contributed by atoms with Gasteiger partial charge in [0.15, 0.2) is 23.4 Å². The van der Waals surface area contributed by atoms with E-state index in [0.717, 1.165) is 17.0 Å². The van der Waals surface area contributed by atoms with Crippen LogP contribution >= 0.6 is 11.6 Å². The van der Waals surface area contributed by atoms with Gasteiger partial charge in [-0.05, 0) is 42.5 Å². The Hall–Kier alpha value is -3.69. The molecular formula is C24H17ClF6N4O5. The van der Waals surface area contributed by atoms with Crippen molar-refractivity contribution in [2.75, 3.05) is 11.4 Å². The first-order valence-corrected chi connectivity index (χ1v) is 12.0. The SMILES string of the molecule is O=C(N[C@@H](C1CC1)C(F)(F)F)c1cn(-c2c(F)cc(F)cc2F)c2nc(N3C[C@@H](C(=O)Cl)OC3O)ccc2c1=O. The Bertz CT molecular complexity index is 1570. The number of carbonyl (C=O) groups is 2. The molecule has 16 heteroatoms. The van der Waals surface area contributed by atoms with Gasteiger partial charge in [0.05, 0.1) is 11.9 Å². The van der Waals surface area contributed by atoms with E-state index in [4.69, 9.17) is 16.3 Å². The van der Waals surface area contributed by atoms with Gasteiger partial charge in [-0.2, -0.15) is 13.2 Å². The smallest absolute Gasteiger partial charge is 0.351 e. The molecule has 3 heterocycles. The highest BCUT2D eigenvalue weighted by atomic mass is 35.5. The third-order valence-electron chi connectivity index (χ3n) is 6.50. The number of aliphatic hydroxyl groups is 1. The van der Waals surface area contributed by atoms with Gasteiger partial charge in [0.2, 0.25) is 11.8 Å². The maximum absolute atomic E-state index is 14.9. The lowest BCUT2D eigenvalue weighted by molar-refractivity contribution is -0.158. The number of ether oxygens (including phenoxy) is 1. The summed E-state index contributed by atoms with van der Waals surface area (Å²) in [6.45, 7) is -0.300. The lowest BCUT2D eigenvalue weighted by Gasteiger charge is -2.22. The van der Waals surface area contributed by atoms with Crippen molar-refractivity contribution in [2.45, 2.75) is 37.6 Å². The number of amides is 1. The van der Waals surface area contributed by atoms with E-state index in [1.807, 2.05) is 0 Å². The standard InChI is InChI=1S/C24H17ClF6N4O5/c25-20(37)15-8-34(23(39)40-15)16-4-3-11-18(36)12(22(38)33-19(9-1-2-9)24(29,30)31)7-35(21(11)32-16)17-13(27)5-10(26)6-14(17)28/h3-7,9,15,19,23,39H,1-2,8H2,(H,33,38)/t15-,19-,23?/m0/s1. The lowest BCUT2D eigenvalue weighted by Crippen LogP contribution is -2.48. The van der Waals surface area contributed by atoms with Crippen LogP contribution in [-0.4, -0.2) is 57.1 Å². The average molecular weight is 591 g/mol. The topological polar surface area (TPSA) is 114 Å². The molecular weight excluding hydrogens is 574 g/mol. The van der Waals surface area contributed by atoms with Crippen molar-refractivity contribution in [3.63, 3.8) is 0 Å². The Balaban J connectivity index is 1.68. The number of aromatic nitrogens is 2. The lowest BCUT2D eigenvalue weighted by atomic mass is 10.1. The number of halogens is 7. The first-order chi connectivity index (χ1) is 18.8. The Morgan fingerprint density at radius 2 is 1.80 bits per heavy atom. The van der Waals surface area contributed by atoms with Crippen LogP contribution in [0.2, 0.25) is 0 Å². The summed E-state index contributed by atoms with van der Waals surface area (Å²) < 4.78 is 89.5.